The van der Waals surface area contributed by atoms with Gasteiger partial charge in [0, 0.05) is 0 Å². The van der Waals surface area contributed by atoms with E-state index in [-0.39, 0.29) is 5.04 Å². The number of aliphatic hydroxyl groups is 1. The predicted octanol–water partition coefficient (Wildman–Crippen LogP) is 4.11. The van der Waals surface area contributed by atoms with E-state index in [1.807, 2.05) is 0 Å². The highest BCUT2D eigenvalue weighted by atomic mass is 28.4. The van der Waals surface area contributed by atoms with Crippen molar-refractivity contribution in [2.75, 3.05) is 6.61 Å². The molecule has 0 radical (unpaired) electrons. The van der Waals surface area contributed by atoms with E-state index in [4.69, 9.17) is 4.43 Å². The molecule has 0 amide bonds. The molecule has 1 aliphatic rings. The molecule has 0 aromatic heterocycles. The van der Waals surface area contributed by atoms with Crippen LogP contribution in [-0.2, 0) is 4.43 Å². The minimum Gasteiger partial charge on any atom is -0.404 e. The highest BCUT2D eigenvalue weighted by Gasteiger charge is 2.56. The van der Waals surface area contributed by atoms with Crippen molar-refractivity contribution in [3.8, 4) is 0 Å². The Hall–Kier alpha value is -1.42. The molecule has 2 unspecified atom stereocenters. The quantitative estimate of drug-likeness (QED) is 0.745. The van der Waals surface area contributed by atoms with E-state index >= 15 is 0 Å². The Kier molecular flexibility index (Phi) is 5.43. The molecule has 2 atom stereocenters. The Balaban J connectivity index is 2.01. The Morgan fingerprint density at radius 1 is 1.00 bits per heavy atom. The number of benzene rings is 2. The summed E-state index contributed by atoms with van der Waals surface area (Å²) in [6.07, 6.45) is 3.08. The molecular formula is C23H32O2Si. The molecule has 0 spiro atoms. The summed E-state index contributed by atoms with van der Waals surface area (Å²) in [5, 5.41) is 13.4. The van der Waals surface area contributed by atoms with Crippen molar-refractivity contribution in [3.05, 3.63) is 60.7 Å². The van der Waals surface area contributed by atoms with Crippen molar-refractivity contribution >= 4 is 18.7 Å². The maximum atomic E-state index is 10.9. The normalized spacial score (nSPS) is 23.0. The Bertz CT molecular complexity index is 668. The minimum atomic E-state index is -2.53. The summed E-state index contributed by atoms with van der Waals surface area (Å²) in [5.41, 5.74) is -0.636. The fraction of sp³-hybridized carbons (Fsp3) is 0.478. The molecule has 1 saturated carbocycles. The molecule has 0 saturated heterocycles. The monoisotopic (exact) mass is 368 g/mol. The van der Waals surface area contributed by atoms with E-state index < -0.39 is 13.9 Å². The molecule has 26 heavy (non-hydrogen) atoms. The zero-order valence-electron chi connectivity index (χ0n) is 16.5. The topological polar surface area (TPSA) is 29.5 Å². The molecular weight excluding hydrogens is 336 g/mol. The molecule has 2 nitrogen and oxygen atoms in total. The maximum absolute atomic E-state index is 10.9. The van der Waals surface area contributed by atoms with Crippen LogP contribution in [-0.4, -0.2) is 25.6 Å². The van der Waals surface area contributed by atoms with Crippen molar-refractivity contribution in [1.29, 1.82) is 0 Å². The SMILES string of the molecule is CCCC1CC1(O)CO[Si](c1ccccc1)(c1ccccc1)C(C)(C)C. The van der Waals surface area contributed by atoms with E-state index in [0.717, 1.165) is 19.3 Å². The molecule has 2 aromatic rings. The summed E-state index contributed by atoms with van der Waals surface area (Å²) < 4.78 is 6.86. The third-order valence-corrected chi connectivity index (χ3v) is 10.8. The van der Waals surface area contributed by atoms with Crippen LogP contribution >= 0.6 is 0 Å². The lowest BCUT2D eigenvalue weighted by molar-refractivity contribution is 0.0649. The van der Waals surface area contributed by atoms with Gasteiger partial charge in [0.1, 0.15) is 0 Å². The van der Waals surface area contributed by atoms with Crippen molar-refractivity contribution in [3.63, 3.8) is 0 Å². The van der Waals surface area contributed by atoms with Crippen LogP contribution in [0, 0.1) is 5.92 Å². The second kappa shape index (κ2) is 7.30. The molecule has 3 rings (SSSR count). The van der Waals surface area contributed by atoms with Gasteiger partial charge in [-0.2, -0.15) is 0 Å². The first-order valence-electron chi connectivity index (χ1n) is 9.81. The molecule has 0 aliphatic heterocycles. The summed E-state index contributed by atoms with van der Waals surface area (Å²) in [6.45, 7) is 9.45. The average molecular weight is 369 g/mol. The van der Waals surface area contributed by atoms with Crippen LogP contribution in [0.3, 0.4) is 0 Å². The van der Waals surface area contributed by atoms with Gasteiger partial charge in [-0.3, -0.25) is 0 Å². The van der Waals surface area contributed by atoms with E-state index in [1.54, 1.807) is 0 Å². The van der Waals surface area contributed by atoms with Gasteiger partial charge < -0.3 is 9.53 Å². The largest absolute Gasteiger partial charge is 0.404 e. The summed E-state index contributed by atoms with van der Waals surface area (Å²) in [7, 11) is -2.53. The molecule has 2 aromatic carbocycles. The van der Waals surface area contributed by atoms with Gasteiger partial charge in [-0.25, -0.2) is 0 Å². The van der Waals surface area contributed by atoms with Crippen molar-refractivity contribution in [1.82, 2.24) is 0 Å². The van der Waals surface area contributed by atoms with Gasteiger partial charge in [0.25, 0.3) is 8.32 Å². The first-order chi connectivity index (χ1) is 12.3. The van der Waals surface area contributed by atoms with Crippen LogP contribution < -0.4 is 10.4 Å². The van der Waals surface area contributed by atoms with Crippen LogP contribution in [0.2, 0.25) is 5.04 Å². The molecule has 140 valence electrons. The number of rotatable bonds is 7. The van der Waals surface area contributed by atoms with Crippen molar-refractivity contribution in [2.24, 2.45) is 5.92 Å². The average Bonchev–Trinajstić information content (AvgIpc) is 3.26. The maximum Gasteiger partial charge on any atom is 0.261 e. The first kappa shape index (κ1) is 19.3. The molecule has 1 aliphatic carbocycles. The minimum absolute atomic E-state index is 0.0405. The van der Waals surface area contributed by atoms with Crippen LogP contribution in [0.4, 0.5) is 0 Å². The van der Waals surface area contributed by atoms with Crippen LogP contribution in [0.25, 0.3) is 0 Å². The van der Waals surface area contributed by atoms with Crippen molar-refractivity contribution in [2.45, 2.75) is 57.6 Å². The number of hydrogen-bond acceptors (Lipinski definition) is 2. The van der Waals surface area contributed by atoms with Gasteiger partial charge in [0.15, 0.2) is 0 Å². The molecule has 1 N–H and O–H groups in total. The Labute approximate surface area is 159 Å². The standard InChI is InChI=1S/C23H32O2Si/c1-5-12-19-17-23(19,24)18-25-26(22(2,3)4,20-13-8-6-9-14-20)21-15-10-7-11-16-21/h6-11,13-16,19,24H,5,12,17-18H2,1-4H3. The lowest BCUT2D eigenvalue weighted by atomic mass is 10.2. The Morgan fingerprint density at radius 2 is 1.50 bits per heavy atom. The highest BCUT2D eigenvalue weighted by molar-refractivity contribution is 6.99. The highest BCUT2D eigenvalue weighted by Crippen LogP contribution is 2.48. The van der Waals surface area contributed by atoms with Gasteiger partial charge in [0.05, 0.1) is 12.2 Å². The summed E-state index contributed by atoms with van der Waals surface area (Å²) in [4.78, 5) is 0. The third kappa shape index (κ3) is 3.53. The van der Waals surface area contributed by atoms with Gasteiger partial charge >= 0.3 is 0 Å². The Morgan fingerprint density at radius 3 is 1.92 bits per heavy atom. The summed E-state index contributed by atoms with van der Waals surface area (Å²) >= 11 is 0. The zero-order chi connectivity index (χ0) is 18.8. The van der Waals surface area contributed by atoms with E-state index in [1.165, 1.54) is 10.4 Å². The lowest BCUT2D eigenvalue weighted by Gasteiger charge is -2.43. The van der Waals surface area contributed by atoms with E-state index in [2.05, 4.69) is 88.4 Å². The zero-order valence-corrected chi connectivity index (χ0v) is 17.5. The molecule has 3 heteroatoms. The van der Waals surface area contributed by atoms with Gasteiger partial charge in [-0.1, -0.05) is 94.8 Å². The first-order valence-corrected chi connectivity index (χ1v) is 11.7. The van der Waals surface area contributed by atoms with Crippen LogP contribution in [0.5, 0.6) is 0 Å². The molecule has 0 bridgehead atoms. The fourth-order valence-electron chi connectivity index (χ4n) is 4.26. The second-order valence-corrected chi connectivity index (χ2v) is 13.1. The van der Waals surface area contributed by atoms with Crippen molar-refractivity contribution < 1.29 is 9.53 Å². The molecule has 1 fully saturated rings. The van der Waals surface area contributed by atoms with Gasteiger partial charge in [-0.05, 0) is 34.2 Å². The molecule has 0 heterocycles. The van der Waals surface area contributed by atoms with Gasteiger partial charge in [0.2, 0.25) is 0 Å². The smallest absolute Gasteiger partial charge is 0.261 e. The van der Waals surface area contributed by atoms with Gasteiger partial charge in [-0.15, -0.1) is 0 Å². The lowest BCUT2D eigenvalue weighted by Crippen LogP contribution is -2.67. The van der Waals surface area contributed by atoms with E-state index in [9.17, 15) is 5.11 Å². The third-order valence-electron chi connectivity index (χ3n) is 5.79. The van der Waals surface area contributed by atoms with Crippen LogP contribution in [0.1, 0.15) is 47.0 Å². The number of hydrogen-bond donors (Lipinski definition) is 1. The summed E-state index contributed by atoms with van der Waals surface area (Å²) in [5.74, 6) is 0.394. The summed E-state index contributed by atoms with van der Waals surface area (Å²) in [6, 6.07) is 21.3. The van der Waals surface area contributed by atoms with Crippen LogP contribution in [0.15, 0.2) is 60.7 Å². The fourth-order valence-corrected chi connectivity index (χ4v) is 8.88. The van der Waals surface area contributed by atoms with E-state index in [0.29, 0.717) is 12.5 Å². The predicted molar refractivity (Wildman–Crippen MR) is 112 cm³/mol. The second-order valence-electron chi connectivity index (χ2n) is 8.75.